The molecule has 1 aliphatic rings. The van der Waals surface area contributed by atoms with E-state index in [4.69, 9.17) is 0 Å². The lowest BCUT2D eigenvalue weighted by molar-refractivity contribution is 0.102. The third kappa shape index (κ3) is 6.02. The maximum Gasteiger partial charge on any atom is 0.256 e. The van der Waals surface area contributed by atoms with Crippen LogP contribution >= 0.6 is 0 Å². The van der Waals surface area contributed by atoms with E-state index in [1.54, 1.807) is 0 Å². The summed E-state index contributed by atoms with van der Waals surface area (Å²) in [7, 11) is 0. The highest BCUT2D eigenvalue weighted by atomic mass is 16.1. The van der Waals surface area contributed by atoms with Gasteiger partial charge in [0.25, 0.3) is 5.91 Å². The van der Waals surface area contributed by atoms with Crippen molar-refractivity contribution in [2.24, 2.45) is 0 Å². The van der Waals surface area contributed by atoms with Crippen LogP contribution < -0.4 is 10.2 Å². The van der Waals surface area contributed by atoms with Gasteiger partial charge < -0.3 is 10.2 Å². The first kappa shape index (κ1) is 23.8. The molecular weight excluding hydrogens is 442 g/mol. The summed E-state index contributed by atoms with van der Waals surface area (Å²) < 4.78 is 0. The van der Waals surface area contributed by atoms with Gasteiger partial charge in [-0.1, -0.05) is 78.9 Å². The number of carbonyl (C=O) groups excluding carboxylic acids is 1. The fraction of sp³-hybridized carbons (Fsp3) is 0.219. The van der Waals surface area contributed by atoms with Gasteiger partial charge in [-0.05, 0) is 66.4 Å². The van der Waals surface area contributed by atoms with Gasteiger partial charge in [0.2, 0.25) is 0 Å². The van der Waals surface area contributed by atoms with E-state index in [0.717, 1.165) is 49.5 Å². The van der Waals surface area contributed by atoms with Crippen molar-refractivity contribution >= 4 is 17.3 Å². The largest absolute Gasteiger partial charge is 0.370 e. The van der Waals surface area contributed by atoms with Gasteiger partial charge in [0, 0.05) is 43.1 Å². The van der Waals surface area contributed by atoms with Crippen molar-refractivity contribution in [2.45, 2.75) is 19.4 Å². The van der Waals surface area contributed by atoms with Gasteiger partial charge in [0.05, 0.1) is 0 Å². The van der Waals surface area contributed by atoms with E-state index in [-0.39, 0.29) is 5.91 Å². The molecule has 1 heterocycles. The molecule has 0 radical (unpaired) electrons. The average Bonchev–Trinajstić information content (AvgIpc) is 2.92. The molecule has 4 aromatic carbocycles. The van der Waals surface area contributed by atoms with E-state index in [0.29, 0.717) is 5.56 Å². The standard InChI is InChI=1S/C32H33N3O/c36-32(31-16-8-7-15-30(31)27-13-5-2-6-14-27)33-28-17-19-29(20-18-28)35-22-10-9-21-34(23-24-35)25-26-11-3-1-4-12-26/h1-8,11-20H,9-10,21-25H2,(H,33,36). The maximum absolute atomic E-state index is 13.1. The normalized spacial score (nSPS) is 14.6. The van der Waals surface area contributed by atoms with Gasteiger partial charge in [-0.25, -0.2) is 0 Å². The van der Waals surface area contributed by atoms with Gasteiger partial charge in [0.1, 0.15) is 0 Å². The van der Waals surface area contributed by atoms with Crippen LogP contribution in [0.5, 0.6) is 0 Å². The van der Waals surface area contributed by atoms with Gasteiger partial charge >= 0.3 is 0 Å². The van der Waals surface area contributed by atoms with Crippen LogP contribution in [-0.2, 0) is 6.54 Å². The molecule has 4 nitrogen and oxygen atoms in total. The fourth-order valence-electron chi connectivity index (χ4n) is 4.89. The predicted molar refractivity (Wildman–Crippen MR) is 149 cm³/mol. The van der Waals surface area contributed by atoms with Crippen LogP contribution in [0.1, 0.15) is 28.8 Å². The van der Waals surface area contributed by atoms with Crippen molar-refractivity contribution in [3.05, 3.63) is 120 Å². The fourth-order valence-corrected chi connectivity index (χ4v) is 4.89. The monoisotopic (exact) mass is 475 g/mol. The van der Waals surface area contributed by atoms with E-state index in [9.17, 15) is 4.79 Å². The predicted octanol–water partition coefficient (Wildman–Crippen LogP) is 6.71. The molecule has 1 aliphatic heterocycles. The molecule has 1 saturated heterocycles. The summed E-state index contributed by atoms with van der Waals surface area (Å²) in [5.41, 5.74) is 6.04. The minimum atomic E-state index is -0.0926. The number of benzene rings is 4. The minimum absolute atomic E-state index is 0.0926. The summed E-state index contributed by atoms with van der Waals surface area (Å²) in [6.07, 6.45) is 2.39. The lowest BCUT2D eigenvalue weighted by atomic mass is 9.99. The zero-order valence-corrected chi connectivity index (χ0v) is 20.6. The third-order valence-corrected chi connectivity index (χ3v) is 6.83. The first-order chi connectivity index (χ1) is 17.8. The van der Waals surface area contributed by atoms with Crippen LogP contribution in [0, 0.1) is 0 Å². The summed E-state index contributed by atoms with van der Waals surface area (Å²) in [6.45, 7) is 5.27. The lowest BCUT2D eigenvalue weighted by Crippen LogP contribution is -2.38. The van der Waals surface area contributed by atoms with E-state index in [1.165, 1.54) is 24.1 Å². The Balaban J connectivity index is 1.23. The smallest absolute Gasteiger partial charge is 0.256 e. The molecule has 1 fully saturated rings. The Morgan fingerprint density at radius 2 is 1.33 bits per heavy atom. The number of rotatable bonds is 6. The van der Waals surface area contributed by atoms with Crippen LogP contribution in [0.3, 0.4) is 0 Å². The van der Waals surface area contributed by atoms with Crippen molar-refractivity contribution in [3.8, 4) is 11.1 Å². The molecule has 0 aliphatic carbocycles. The molecule has 0 saturated carbocycles. The molecule has 1 N–H and O–H groups in total. The van der Waals surface area contributed by atoms with Crippen LogP contribution in [0.4, 0.5) is 11.4 Å². The van der Waals surface area contributed by atoms with Gasteiger partial charge in [-0.2, -0.15) is 0 Å². The zero-order chi connectivity index (χ0) is 24.6. The third-order valence-electron chi connectivity index (χ3n) is 6.83. The molecule has 0 unspecified atom stereocenters. The Morgan fingerprint density at radius 3 is 2.11 bits per heavy atom. The number of amides is 1. The van der Waals surface area contributed by atoms with Crippen molar-refractivity contribution in [3.63, 3.8) is 0 Å². The summed E-state index contributed by atoms with van der Waals surface area (Å²) in [5.74, 6) is -0.0926. The number of nitrogens with zero attached hydrogens (tertiary/aromatic N) is 2. The molecule has 4 aromatic rings. The Labute approximate surface area is 214 Å². The zero-order valence-electron chi connectivity index (χ0n) is 20.6. The van der Waals surface area contributed by atoms with E-state index in [1.807, 2.05) is 66.7 Å². The summed E-state index contributed by atoms with van der Waals surface area (Å²) in [5, 5.41) is 3.09. The van der Waals surface area contributed by atoms with Gasteiger partial charge in [-0.15, -0.1) is 0 Å². The summed E-state index contributed by atoms with van der Waals surface area (Å²) >= 11 is 0. The Morgan fingerprint density at radius 1 is 0.667 bits per heavy atom. The molecule has 4 heteroatoms. The van der Waals surface area contributed by atoms with Crippen molar-refractivity contribution in [2.75, 3.05) is 36.4 Å². The Hall–Kier alpha value is -3.89. The SMILES string of the molecule is O=C(Nc1ccc(N2CCCCN(Cc3ccccc3)CC2)cc1)c1ccccc1-c1ccccc1. The first-order valence-corrected chi connectivity index (χ1v) is 12.8. The lowest BCUT2D eigenvalue weighted by Gasteiger charge is -2.32. The minimum Gasteiger partial charge on any atom is -0.370 e. The molecule has 5 rings (SSSR count). The number of carbonyl (C=O) groups is 1. The topological polar surface area (TPSA) is 35.6 Å². The average molecular weight is 476 g/mol. The van der Waals surface area contributed by atoms with E-state index < -0.39 is 0 Å². The van der Waals surface area contributed by atoms with Crippen LogP contribution in [-0.4, -0.2) is 37.0 Å². The number of hydrogen-bond donors (Lipinski definition) is 1. The van der Waals surface area contributed by atoms with Crippen LogP contribution in [0.25, 0.3) is 11.1 Å². The molecular formula is C32H33N3O. The van der Waals surface area contributed by atoms with Crippen molar-refractivity contribution in [1.29, 1.82) is 0 Å². The molecule has 0 atom stereocenters. The van der Waals surface area contributed by atoms with E-state index >= 15 is 0 Å². The highest BCUT2D eigenvalue weighted by Crippen LogP contribution is 2.25. The highest BCUT2D eigenvalue weighted by molar-refractivity contribution is 6.08. The Bertz CT molecular complexity index is 1260. The quantitative estimate of drug-likeness (QED) is 0.337. The Kier molecular flexibility index (Phi) is 7.74. The maximum atomic E-state index is 13.1. The number of anilines is 2. The van der Waals surface area contributed by atoms with Crippen LogP contribution in [0.2, 0.25) is 0 Å². The first-order valence-electron chi connectivity index (χ1n) is 12.8. The van der Waals surface area contributed by atoms with Crippen molar-refractivity contribution in [1.82, 2.24) is 4.90 Å². The second-order valence-corrected chi connectivity index (χ2v) is 9.37. The second-order valence-electron chi connectivity index (χ2n) is 9.37. The molecule has 1 amide bonds. The molecule has 36 heavy (non-hydrogen) atoms. The summed E-state index contributed by atoms with van der Waals surface area (Å²) in [4.78, 5) is 18.2. The molecule has 0 bridgehead atoms. The second kappa shape index (κ2) is 11.7. The summed E-state index contributed by atoms with van der Waals surface area (Å²) in [6, 6.07) is 36.8. The van der Waals surface area contributed by atoms with Gasteiger partial charge in [-0.3, -0.25) is 9.69 Å². The molecule has 182 valence electrons. The van der Waals surface area contributed by atoms with Crippen molar-refractivity contribution < 1.29 is 4.79 Å². The molecule has 0 spiro atoms. The van der Waals surface area contributed by atoms with E-state index in [2.05, 4.69) is 57.6 Å². The molecule has 0 aromatic heterocycles. The number of hydrogen-bond acceptors (Lipinski definition) is 3. The van der Waals surface area contributed by atoms with Gasteiger partial charge in [0.15, 0.2) is 0 Å². The highest BCUT2D eigenvalue weighted by Gasteiger charge is 2.16. The van der Waals surface area contributed by atoms with Crippen LogP contribution in [0.15, 0.2) is 109 Å². The number of nitrogens with one attached hydrogen (secondary N) is 1.